The van der Waals surface area contributed by atoms with Crippen LogP contribution >= 0.6 is 11.3 Å². The monoisotopic (exact) mass is 533 g/mol. The zero-order chi connectivity index (χ0) is 26.5. The molecule has 0 saturated carbocycles. The number of nitrogens with zero attached hydrogens (tertiary/aromatic N) is 5. The highest BCUT2D eigenvalue weighted by Crippen LogP contribution is 2.29. The van der Waals surface area contributed by atoms with E-state index in [4.69, 9.17) is 14.7 Å². The zero-order valence-electron chi connectivity index (χ0n) is 22.2. The molecule has 4 aromatic rings. The van der Waals surface area contributed by atoms with Gasteiger partial charge in [-0.15, -0.1) is 11.3 Å². The van der Waals surface area contributed by atoms with Crippen molar-refractivity contribution in [1.82, 2.24) is 29.8 Å². The van der Waals surface area contributed by atoms with Crippen molar-refractivity contribution in [2.75, 3.05) is 38.2 Å². The molecule has 1 saturated heterocycles. The van der Waals surface area contributed by atoms with Crippen LogP contribution in [0.4, 0.5) is 5.82 Å². The smallest absolute Gasteiger partial charge is 0.251 e. The number of ether oxygens (including phenoxy) is 1. The lowest BCUT2D eigenvalue weighted by molar-refractivity contribution is 0.0903. The first kappa shape index (κ1) is 26.3. The van der Waals surface area contributed by atoms with Crippen LogP contribution in [0.2, 0.25) is 0 Å². The Morgan fingerprint density at radius 1 is 1.18 bits per heavy atom. The summed E-state index contributed by atoms with van der Waals surface area (Å²) in [4.78, 5) is 26.6. The molecule has 0 bridgehead atoms. The van der Waals surface area contributed by atoms with Crippen molar-refractivity contribution in [3.63, 3.8) is 0 Å². The van der Waals surface area contributed by atoms with E-state index in [-0.39, 0.29) is 18.0 Å². The molecule has 1 atom stereocenters. The van der Waals surface area contributed by atoms with Gasteiger partial charge in [-0.1, -0.05) is 19.9 Å². The van der Waals surface area contributed by atoms with Gasteiger partial charge in [0.1, 0.15) is 5.82 Å². The molecule has 10 heteroatoms. The summed E-state index contributed by atoms with van der Waals surface area (Å²) in [6, 6.07) is 10.2. The molecule has 5 heterocycles. The molecule has 0 radical (unpaired) electrons. The highest BCUT2D eigenvalue weighted by atomic mass is 32.1. The predicted octanol–water partition coefficient (Wildman–Crippen LogP) is 4.57. The Morgan fingerprint density at radius 3 is 2.74 bits per heavy atom. The molecular formula is C28H35N7O2S. The van der Waals surface area contributed by atoms with E-state index in [1.807, 2.05) is 35.8 Å². The summed E-state index contributed by atoms with van der Waals surface area (Å²) in [5, 5.41) is 13.2. The molecule has 1 aliphatic rings. The molecule has 1 amide bonds. The molecule has 200 valence electrons. The lowest BCUT2D eigenvalue weighted by atomic mass is 10.1. The molecule has 2 N–H and O–H groups in total. The van der Waals surface area contributed by atoms with E-state index in [1.165, 1.54) is 0 Å². The van der Waals surface area contributed by atoms with Crippen LogP contribution in [0.15, 0.2) is 48.1 Å². The van der Waals surface area contributed by atoms with Crippen molar-refractivity contribution < 1.29 is 9.53 Å². The fourth-order valence-electron chi connectivity index (χ4n) is 4.85. The first-order valence-electron chi connectivity index (χ1n) is 13.3. The Labute approximate surface area is 227 Å². The third kappa shape index (κ3) is 5.87. The number of carbonyl (C=O) groups is 1. The minimum Gasteiger partial charge on any atom is -0.381 e. The number of aromatic nitrogens is 4. The first-order valence-corrected chi connectivity index (χ1v) is 14.2. The molecule has 38 heavy (non-hydrogen) atoms. The molecule has 5 rings (SSSR count). The van der Waals surface area contributed by atoms with Crippen molar-refractivity contribution in [3.05, 3.63) is 53.7 Å². The van der Waals surface area contributed by atoms with Crippen molar-refractivity contribution in [2.45, 2.75) is 45.7 Å². The molecule has 0 aliphatic carbocycles. The van der Waals surface area contributed by atoms with Crippen molar-refractivity contribution >= 4 is 28.7 Å². The summed E-state index contributed by atoms with van der Waals surface area (Å²) < 4.78 is 7.27. The minimum atomic E-state index is -0.119. The second-order valence-electron chi connectivity index (χ2n) is 9.55. The van der Waals surface area contributed by atoms with Crippen LogP contribution in [-0.2, 0) is 4.74 Å². The van der Waals surface area contributed by atoms with Crippen molar-refractivity contribution in [3.8, 4) is 21.8 Å². The lowest BCUT2D eigenvalue weighted by Crippen LogP contribution is -2.42. The van der Waals surface area contributed by atoms with Gasteiger partial charge in [0.25, 0.3) is 5.91 Å². The number of hydrogen-bond acceptors (Lipinski definition) is 8. The SMILES string of the molecule is CCN(CC)[C@@H](C)CNC(=O)c1cc(NC2CCOCC2)nc(-c2cnn3ccc(-c4cccs4)nc23)c1. The number of likely N-dealkylation sites (N-methyl/N-ethyl adjacent to an activating group) is 1. The van der Waals surface area contributed by atoms with Gasteiger partial charge < -0.3 is 15.4 Å². The molecule has 1 fully saturated rings. The maximum atomic E-state index is 13.3. The Balaban J connectivity index is 1.48. The fourth-order valence-corrected chi connectivity index (χ4v) is 5.55. The van der Waals surface area contributed by atoms with Gasteiger partial charge in [-0.2, -0.15) is 5.10 Å². The number of pyridine rings is 1. The summed E-state index contributed by atoms with van der Waals surface area (Å²) in [6.45, 7) is 10.3. The van der Waals surface area contributed by atoms with Crippen molar-refractivity contribution in [2.24, 2.45) is 0 Å². The average molecular weight is 534 g/mol. The van der Waals surface area contributed by atoms with Crippen LogP contribution in [0.3, 0.4) is 0 Å². The second kappa shape index (κ2) is 12.0. The molecular weight excluding hydrogens is 498 g/mol. The third-order valence-electron chi connectivity index (χ3n) is 7.07. The van der Waals surface area contributed by atoms with E-state index in [9.17, 15) is 4.79 Å². The highest BCUT2D eigenvalue weighted by Gasteiger charge is 2.20. The molecule has 0 aromatic carbocycles. The Bertz CT molecular complexity index is 1360. The fraction of sp³-hybridized carbons (Fsp3) is 0.429. The number of anilines is 1. The van der Waals surface area contributed by atoms with Gasteiger partial charge in [-0.05, 0) is 62.5 Å². The number of nitrogens with one attached hydrogen (secondary N) is 2. The van der Waals surface area contributed by atoms with Crippen LogP contribution in [0, 0.1) is 0 Å². The number of fused-ring (bicyclic) bond motifs is 1. The van der Waals surface area contributed by atoms with Gasteiger partial charge in [-0.3, -0.25) is 9.69 Å². The summed E-state index contributed by atoms with van der Waals surface area (Å²) in [5.41, 5.74) is 3.59. The van der Waals surface area contributed by atoms with Gasteiger partial charge in [-0.25, -0.2) is 14.5 Å². The standard InChI is InChI=1S/C28H35N7O2S/c1-4-34(5-2)19(3)17-29-28(36)20-15-24(32-26(16-20)31-21-9-12-37-13-10-21)22-18-30-35-11-8-23(33-27(22)35)25-7-6-14-38-25/h6-8,11,14-16,18-19,21H,4-5,9-10,12-13,17H2,1-3H3,(H,29,36)(H,31,32)/t19-/m0/s1. The lowest BCUT2D eigenvalue weighted by Gasteiger charge is -2.26. The molecule has 0 spiro atoms. The third-order valence-corrected chi connectivity index (χ3v) is 7.97. The second-order valence-corrected chi connectivity index (χ2v) is 10.5. The zero-order valence-corrected chi connectivity index (χ0v) is 23.0. The largest absolute Gasteiger partial charge is 0.381 e. The van der Waals surface area contributed by atoms with E-state index in [2.05, 4.69) is 47.5 Å². The summed E-state index contributed by atoms with van der Waals surface area (Å²) in [6.07, 6.45) is 5.48. The molecule has 0 unspecified atom stereocenters. The van der Waals surface area contributed by atoms with E-state index in [0.29, 0.717) is 29.3 Å². The van der Waals surface area contributed by atoms with Crippen LogP contribution in [0.1, 0.15) is 44.0 Å². The van der Waals surface area contributed by atoms with Gasteiger partial charge >= 0.3 is 0 Å². The number of carbonyl (C=O) groups excluding carboxylic acids is 1. The normalized spacial score (nSPS) is 15.2. The summed E-state index contributed by atoms with van der Waals surface area (Å²) >= 11 is 1.65. The van der Waals surface area contributed by atoms with Crippen LogP contribution in [0.25, 0.3) is 27.5 Å². The topological polar surface area (TPSA) is 96.7 Å². The van der Waals surface area contributed by atoms with Crippen LogP contribution < -0.4 is 10.6 Å². The quantitative estimate of drug-likeness (QED) is 0.308. The number of hydrogen-bond donors (Lipinski definition) is 2. The summed E-state index contributed by atoms with van der Waals surface area (Å²) in [7, 11) is 0. The van der Waals surface area contributed by atoms with E-state index in [1.54, 1.807) is 22.0 Å². The van der Waals surface area contributed by atoms with Gasteiger partial charge in [0.2, 0.25) is 0 Å². The van der Waals surface area contributed by atoms with Gasteiger partial charge in [0.05, 0.1) is 28.0 Å². The van der Waals surface area contributed by atoms with Gasteiger partial charge in [0.15, 0.2) is 5.65 Å². The maximum Gasteiger partial charge on any atom is 0.251 e. The Hall–Kier alpha value is -3.34. The molecule has 1 aliphatic heterocycles. The first-order chi connectivity index (χ1) is 18.6. The summed E-state index contributed by atoms with van der Waals surface area (Å²) in [5.74, 6) is 0.552. The molecule has 9 nitrogen and oxygen atoms in total. The van der Waals surface area contributed by atoms with E-state index >= 15 is 0 Å². The van der Waals surface area contributed by atoms with Gasteiger partial charge in [0, 0.05) is 43.6 Å². The number of rotatable bonds is 10. The Morgan fingerprint density at radius 2 is 2.00 bits per heavy atom. The highest BCUT2D eigenvalue weighted by molar-refractivity contribution is 7.13. The van der Waals surface area contributed by atoms with E-state index in [0.717, 1.165) is 55.3 Å². The van der Waals surface area contributed by atoms with E-state index < -0.39 is 0 Å². The van der Waals surface area contributed by atoms with Crippen LogP contribution in [-0.4, -0.2) is 75.3 Å². The minimum absolute atomic E-state index is 0.119. The van der Waals surface area contributed by atoms with Crippen LogP contribution in [0.5, 0.6) is 0 Å². The Kier molecular flexibility index (Phi) is 8.31. The van der Waals surface area contributed by atoms with Crippen molar-refractivity contribution in [1.29, 1.82) is 0 Å². The predicted molar refractivity (Wildman–Crippen MR) is 152 cm³/mol. The maximum absolute atomic E-state index is 13.3. The number of amides is 1. The average Bonchev–Trinajstić information content (AvgIpc) is 3.63. The number of thiophene rings is 1. The molecule has 4 aromatic heterocycles.